The van der Waals surface area contributed by atoms with Crippen molar-refractivity contribution in [2.45, 2.75) is 63.7 Å². The Balaban J connectivity index is 0.00000205. The highest BCUT2D eigenvalue weighted by Crippen LogP contribution is 2.48. The number of alkyl halides is 3. The quantitative estimate of drug-likeness (QED) is 0.184. The summed E-state index contributed by atoms with van der Waals surface area (Å²) in [6, 6.07) is 5.87. The van der Waals surface area contributed by atoms with Crippen LogP contribution >= 0.6 is 11.3 Å². The van der Waals surface area contributed by atoms with Crippen molar-refractivity contribution >= 4 is 55.3 Å². The molecule has 49 heavy (non-hydrogen) atoms. The molecule has 0 saturated carbocycles. The van der Waals surface area contributed by atoms with Gasteiger partial charge in [0.25, 0.3) is 0 Å². The van der Waals surface area contributed by atoms with Gasteiger partial charge in [-0.05, 0) is 69.5 Å². The second kappa shape index (κ2) is 13.3. The molecule has 1 aromatic heterocycles. The molecule has 0 bridgehead atoms. The first-order chi connectivity index (χ1) is 23.4. The number of thiazole rings is 1. The van der Waals surface area contributed by atoms with Gasteiger partial charge in [0.1, 0.15) is 24.0 Å². The highest BCUT2D eigenvalue weighted by molar-refractivity contribution is 7.22. The molecule has 3 aliphatic heterocycles. The molecule has 0 radical (unpaired) electrons. The lowest BCUT2D eigenvalue weighted by atomic mass is 9.92. The van der Waals surface area contributed by atoms with E-state index in [1.165, 1.54) is 6.07 Å². The number of nitrogens with zero attached hydrogens (tertiary/aromatic N) is 4. The van der Waals surface area contributed by atoms with E-state index in [4.69, 9.17) is 15.9 Å². The number of likely N-dealkylation sites (N-methyl/N-ethyl adjacent to an activating group) is 1. The van der Waals surface area contributed by atoms with Gasteiger partial charge in [-0.2, -0.15) is 13.2 Å². The largest absolute Gasteiger partial charge is 0.492 e. The van der Waals surface area contributed by atoms with Crippen LogP contribution < -0.4 is 20.8 Å². The summed E-state index contributed by atoms with van der Waals surface area (Å²) in [5.41, 5.74) is 3.71. The van der Waals surface area contributed by atoms with Gasteiger partial charge in [0.15, 0.2) is 5.13 Å². The van der Waals surface area contributed by atoms with Crippen molar-refractivity contribution in [2.24, 2.45) is 0 Å². The number of nitrogens with two attached hydrogens (primary N) is 2. The zero-order valence-corrected chi connectivity index (χ0v) is 28.5. The van der Waals surface area contributed by atoms with Crippen molar-refractivity contribution in [2.75, 3.05) is 50.5 Å². The van der Waals surface area contributed by atoms with Gasteiger partial charge in [-0.15, -0.1) is 0 Å². The third kappa shape index (κ3) is 6.17. The summed E-state index contributed by atoms with van der Waals surface area (Å²) in [6.07, 6.45) is 0.598. The Morgan fingerprint density at radius 2 is 1.86 bits per heavy atom. The van der Waals surface area contributed by atoms with E-state index in [9.17, 15) is 22.4 Å². The summed E-state index contributed by atoms with van der Waals surface area (Å²) >= 11 is 0.782. The Morgan fingerprint density at radius 3 is 2.53 bits per heavy atom. The zero-order valence-electron chi connectivity index (χ0n) is 27.7. The molecule has 14 heteroatoms. The number of halogens is 5. The number of fused-ring (bicyclic) bond motifs is 3. The van der Waals surface area contributed by atoms with Crippen molar-refractivity contribution in [3.05, 3.63) is 47.5 Å². The first kappa shape index (κ1) is 34.8. The predicted octanol–water partition coefficient (Wildman–Crippen LogP) is 5.90. The molecule has 1 amide bonds. The third-order valence-electron chi connectivity index (χ3n) is 10.1. The lowest BCUT2D eigenvalue weighted by Crippen LogP contribution is -2.43. The van der Waals surface area contributed by atoms with Crippen molar-refractivity contribution in [1.82, 2.24) is 14.8 Å². The minimum absolute atomic E-state index is 0.0289. The van der Waals surface area contributed by atoms with Crippen molar-refractivity contribution in [1.29, 1.82) is 0 Å². The van der Waals surface area contributed by atoms with E-state index in [2.05, 4.69) is 9.88 Å². The maximum Gasteiger partial charge on any atom is 0.417 e. The van der Waals surface area contributed by atoms with E-state index in [1.807, 2.05) is 13.8 Å². The third-order valence-corrected chi connectivity index (χ3v) is 11.0. The number of hydrogen-bond acceptors (Lipinski definition) is 7. The van der Waals surface area contributed by atoms with E-state index < -0.39 is 28.9 Å². The standard InChI is InChI=1S/C33H33F5N6O2S.C2H6/c1-42(18-6-11-43(16-18)26(45)15-39)25-13-19(46-17-32-7-2-9-44(32)10-3-8-32)12-22-21(25)14-23(33(36,37)38)27(28(22)35)20-4-5-24(34)30-29(20)41-31(40)47-30;1-2/h4-5,12-15,18,39H,2-3,6-11,16-17H2,1H3,(H2,40,41);1-2H3/p+1/t18-;/m1./s1. The Kier molecular flexibility index (Phi) is 9.48. The molecule has 4 N–H and O–H groups in total. The van der Waals surface area contributed by atoms with Gasteiger partial charge in [-0.3, -0.25) is 15.1 Å². The number of carbonyl (C=O) groups is 1. The topological polar surface area (TPSA) is 101 Å². The van der Waals surface area contributed by atoms with Gasteiger partial charge >= 0.3 is 12.1 Å². The molecule has 4 aromatic rings. The van der Waals surface area contributed by atoms with E-state index in [0.717, 1.165) is 74.5 Å². The second-order valence-corrected chi connectivity index (χ2v) is 13.7. The molecule has 0 spiro atoms. The van der Waals surface area contributed by atoms with Crippen LogP contribution in [-0.4, -0.2) is 78.3 Å². The molecular weight excluding hydrogens is 663 g/mol. The summed E-state index contributed by atoms with van der Waals surface area (Å²) in [5, 5.41) is 5.35. The number of rotatable bonds is 7. The molecule has 0 unspecified atom stereocenters. The summed E-state index contributed by atoms with van der Waals surface area (Å²) in [7, 11) is 1.72. The van der Waals surface area contributed by atoms with Crippen LogP contribution in [0, 0.1) is 11.6 Å². The van der Waals surface area contributed by atoms with Gasteiger partial charge in [-0.25, -0.2) is 13.8 Å². The summed E-state index contributed by atoms with van der Waals surface area (Å²) in [5.74, 6) is -1.86. The van der Waals surface area contributed by atoms with Crippen LogP contribution in [0.4, 0.5) is 32.8 Å². The van der Waals surface area contributed by atoms with Gasteiger partial charge in [0, 0.05) is 59.8 Å². The minimum Gasteiger partial charge on any atom is -0.492 e. The molecule has 3 fully saturated rings. The molecular formula is C35H40F5N6O2S+. The minimum atomic E-state index is -4.97. The predicted molar refractivity (Wildman–Crippen MR) is 183 cm³/mol. The maximum absolute atomic E-state index is 16.9. The van der Waals surface area contributed by atoms with Crippen LogP contribution in [0.2, 0.25) is 0 Å². The Morgan fingerprint density at radius 1 is 1.14 bits per heavy atom. The van der Waals surface area contributed by atoms with Gasteiger partial charge in [0.05, 0.1) is 21.3 Å². The fourth-order valence-corrected chi connectivity index (χ4v) is 8.47. The lowest BCUT2D eigenvalue weighted by molar-refractivity contribution is -0.138. The number of ether oxygens (including phenoxy) is 1. The second-order valence-electron chi connectivity index (χ2n) is 12.7. The van der Waals surface area contributed by atoms with Gasteiger partial charge in [0.2, 0.25) is 6.21 Å². The van der Waals surface area contributed by atoms with Crippen LogP contribution in [0.25, 0.3) is 32.1 Å². The molecule has 4 heterocycles. The summed E-state index contributed by atoms with van der Waals surface area (Å²) in [6.45, 7) is 7.04. The SMILES string of the molecule is CC.CN(c1cc(OCC23CCCN2CCC3)cc2c(F)c(-c3ccc(F)c4sc(N)nc34)c(C(F)(F)F)cc12)[C@@H]1CCN(C(=O)C=[NH2+])C1. The van der Waals surface area contributed by atoms with Gasteiger partial charge in [-0.1, -0.05) is 25.2 Å². The van der Waals surface area contributed by atoms with E-state index in [0.29, 0.717) is 37.6 Å². The average molecular weight is 704 g/mol. The normalized spacial score (nSPS) is 18.9. The fourth-order valence-electron chi connectivity index (χ4n) is 7.71. The van der Waals surface area contributed by atoms with Crippen molar-refractivity contribution in [3.8, 4) is 16.9 Å². The first-order valence-corrected chi connectivity index (χ1v) is 17.4. The highest BCUT2D eigenvalue weighted by atomic mass is 32.1. The van der Waals surface area contributed by atoms with E-state index >= 15 is 4.39 Å². The maximum atomic E-state index is 16.9. The number of likely N-dealkylation sites (tertiary alicyclic amines) is 1. The monoisotopic (exact) mass is 703 g/mol. The summed E-state index contributed by atoms with van der Waals surface area (Å²) < 4.78 is 82.5. The number of amides is 1. The Hall–Kier alpha value is -4.04. The molecule has 3 aliphatic rings. The molecule has 0 aliphatic carbocycles. The van der Waals surface area contributed by atoms with Gasteiger partial charge < -0.3 is 20.3 Å². The van der Waals surface area contributed by atoms with E-state index in [1.54, 1.807) is 22.9 Å². The fraction of sp³-hybridized carbons (Fsp3) is 0.457. The average Bonchev–Trinajstić information content (AvgIpc) is 3.88. The highest BCUT2D eigenvalue weighted by Gasteiger charge is 2.45. The smallest absolute Gasteiger partial charge is 0.417 e. The summed E-state index contributed by atoms with van der Waals surface area (Å²) in [4.78, 5) is 22.1. The van der Waals surface area contributed by atoms with Crippen LogP contribution in [0.1, 0.15) is 51.5 Å². The molecule has 3 saturated heterocycles. The first-order valence-electron chi connectivity index (χ1n) is 16.6. The molecule has 3 aromatic carbocycles. The number of hydrogen-bond donors (Lipinski definition) is 2. The van der Waals surface area contributed by atoms with Crippen LogP contribution in [0.3, 0.4) is 0 Å². The number of nitrogen functional groups attached to an aromatic ring is 1. The molecule has 8 nitrogen and oxygen atoms in total. The van der Waals surface area contributed by atoms with Crippen molar-refractivity contribution < 1.29 is 36.9 Å². The van der Waals surface area contributed by atoms with Crippen molar-refractivity contribution in [3.63, 3.8) is 0 Å². The van der Waals surface area contributed by atoms with Crippen LogP contribution in [-0.2, 0) is 11.0 Å². The zero-order chi connectivity index (χ0) is 35.2. The Labute approximate surface area is 285 Å². The molecule has 1 atom stereocenters. The van der Waals surface area contributed by atoms with Crippen LogP contribution in [0.15, 0.2) is 30.3 Å². The van der Waals surface area contributed by atoms with Crippen LogP contribution in [0.5, 0.6) is 5.75 Å². The number of aromatic nitrogens is 1. The molecule has 262 valence electrons. The Bertz CT molecular complexity index is 1900. The number of anilines is 2. The van der Waals surface area contributed by atoms with E-state index in [-0.39, 0.29) is 49.2 Å². The lowest BCUT2D eigenvalue weighted by Gasteiger charge is -2.32. The number of carbonyl (C=O) groups excluding carboxylic acids is 1. The number of benzene rings is 3. The molecule has 7 rings (SSSR count).